The Morgan fingerprint density at radius 1 is 1.45 bits per heavy atom. The van der Waals surface area contributed by atoms with E-state index in [-0.39, 0.29) is 39.3 Å². The maximum absolute atomic E-state index is 8.41. The summed E-state index contributed by atoms with van der Waals surface area (Å²) in [4.78, 5) is 3.94. The standard InChI is InChI=1S/C7H9N2O.Y/c10-6-5-9-7-3-1-2-4-8-7;/h1-4,10H,5-6H2;/q-1;. The maximum Gasteiger partial charge on any atom is 0.0424 e. The summed E-state index contributed by atoms with van der Waals surface area (Å²) in [5.41, 5.74) is 0. The molecule has 0 saturated heterocycles. The second-order valence-corrected chi connectivity index (χ2v) is 1.79. The van der Waals surface area contributed by atoms with E-state index < -0.39 is 0 Å². The Morgan fingerprint density at radius 3 is 2.82 bits per heavy atom. The Labute approximate surface area is 91.1 Å². The Kier molecular flexibility index (Phi) is 6.72. The number of rotatable bonds is 3. The number of aliphatic hydroxyl groups excluding tert-OH is 1. The fourth-order valence-corrected chi connectivity index (χ4v) is 0.612. The van der Waals surface area contributed by atoms with Crippen molar-refractivity contribution in [3.8, 4) is 0 Å². The van der Waals surface area contributed by atoms with Crippen LogP contribution in [0.1, 0.15) is 0 Å². The first kappa shape index (κ1) is 11.0. The minimum atomic E-state index is 0. The van der Waals surface area contributed by atoms with Crippen molar-refractivity contribution in [3.05, 3.63) is 29.7 Å². The quantitative estimate of drug-likeness (QED) is 0.838. The van der Waals surface area contributed by atoms with Crippen LogP contribution in [0.25, 0.3) is 5.32 Å². The number of aliphatic hydroxyl groups is 1. The number of pyridine rings is 1. The molecule has 57 valence electrons. The molecule has 11 heavy (non-hydrogen) atoms. The second kappa shape index (κ2) is 6.71. The summed E-state index contributed by atoms with van der Waals surface area (Å²) in [6, 6.07) is 5.50. The molecular formula is C7H9N2OY-. The maximum atomic E-state index is 8.41. The van der Waals surface area contributed by atoms with Crippen LogP contribution < -0.4 is 0 Å². The number of hydrogen-bond acceptors (Lipinski definition) is 2. The van der Waals surface area contributed by atoms with E-state index in [4.69, 9.17) is 5.11 Å². The van der Waals surface area contributed by atoms with Crippen LogP contribution in [-0.2, 0) is 32.7 Å². The van der Waals surface area contributed by atoms with Crippen molar-refractivity contribution < 1.29 is 37.8 Å². The molecule has 1 aromatic rings. The molecule has 1 radical (unpaired) electrons. The molecule has 0 unspecified atom stereocenters. The summed E-state index contributed by atoms with van der Waals surface area (Å²) >= 11 is 0. The monoisotopic (exact) mass is 226 g/mol. The van der Waals surface area contributed by atoms with Gasteiger partial charge in [-0.25, -0.2) is 0 Å². The molecule has 3 nitrogen and oxygen atoms in total. The van der Waals surface area contributed by atoms with Gasteiger partial charge < -0.3 is 15.4 Å². The van der Waals surface area contributed by atoms with Gasteiger partial charge in [0.1, 0.15) is 0 Å². The van der Waals surface area contributed by atoms with Crippen LogP contribution in [0.15, 0.2) is 24.4 Å². The smallest absolute Gasteiger partial charge is 0.0424 e. The summed E-state index contributed by atoms with van der Waals surface area (Å²) in [7, 11) is 0. The van der Waals surface area contributed by atoms with Gasteiger partial charge in [-0.2, -0.15) is 0 Å². The van der Waals surface area contributed by atoms with E-state index in [0.29, 0.717) is 12.4 Å². The number of nitrogens with zero attached hydrogens (tertiary/aromatic N) is 2. The third-order valence-corrected chi connectivity index (χ3v) is 1.02. The molecule has 0 aliphatic rings. The average molecular weight is 226 g/mol. The van der Waals surface area contributed by atoms with Crippen LogP contribution in [0, 0.1) is 0 Å². The Morgan fingerprint density at radius 2 is 2.27 bits per heavy atom. The molecule has 0 atom stereocenters. The molecular weight excluding hydrogens is 217 g/mol. The van der Waals surface area contributed by atoms with Gasteiger partial charge in [-0.1, -0.05) is 30.2 Å². The molecule has 0 spiro atoms. The van der Waals surface area contributed by atoms with Gasteiger partial charge in [0.25, 0.3) is 0 Å². The van der Waals surface area contributed by atoms with Gasteiger partial charge in [0.2, 0.25) is 0 Å². The molecule has 1 heterocycles. The molecule has 1 rings (SSSR count). The minimum absolute atomic E-state index is 0. The Bertz CT molecular complexity index is 181. The number of aromatic nitrogens is 1. The zero-order valence-corrected chi connectivity index (χ0v) is 8.98. The zero-order chi connectivity index (χ0) is 7.23. The molecule has 1 N–H and O–H groups in total. The predicted molar refractivity (Wildman–Crippen MR) is 39.2 cm³/mol. The fraction of sp³-hybridized carbons (Fsp3) is 0.286. The summed E-state index contributed by atoms with van der Waals surface area (Å²) in [5, 5.41) is 12.4. The molecule has 0 aromatic carbocycles. The van der Waals surface area contributed by atoms with Crippen LogP contribution >= 0.6 is 0 Å². The van der Waals surface area contributed by atoms with Crippen molar-refractivity contribution in [2.75, 3.05) is 13.2 Å². The normalized spacial score (nSPS) is 8.45. The zero-order valence-electron chi connectivity index (χ0n) is 6.14. The van der Waals surface area contributed by atoms with Gasteiger partial charge in [-0.3, -0.25) is 0 Å². The third-order valence-electron chi connectivity index (χ3n) is 1.02. The Hall–Kier alpha value is 0.0139. The summed E-state index contributed by atoms with van der Waals surface area (Å²) in [6.07, 6.45) is 1.68. The third kappa shape index (κ3) is 4.46. The summed E-state index contributed by atoms with van der Waals surface area (Å²) in [5.74, 6) is 0.677. The Balaban J connectivity index is 0.000001000. The van der Waals surface area contributed by atoms with Crippen molar-refractivity contribution in [1.82, 2.24) is 4.98 Å². The minimum Gasteiger partial charge on any atom is -0.463 e. The van der Waals surface area contributed by atoms with E-state index in [1.165, 1.54) is 0 Å². The van der Waals surface area contributed by atoms with Crippen molar-refractivity contribution in [2.24, 2.45) is 0 Å². The van der Waals surface area contributed by atoms with Gasteiger partial charge in [0.15, 0.2) is 0 Å². The van der Waals surface area contributed by atoms with E-state index in [1.54, 1.807) is 12.3 Å². The molecule has 0 aliphatic heterocycles. The van der Waals surface area contributed by atoms with Gasteiger partial charge in [-0.15, -0.1) is 0 Å². The average Bonchev–Trinajstić information content (AvgIpc) is 2.03. The largest absolute Gasteiger partial charge is 0.463 e. The predicted octanol–water partition coefficient (Wildman–Crippen LogP) is 1.08. The van der Waals surface area contributed by atoms with Gasteiger partial charge in [0, 0.05) is 39.3 Å². The van der Waals surface area contributed by atoms with E-state index in [0.717, 1.165) is 0 Å². The first-order valence-electron chi connectivity index (χ1n) is 3.13. The van der Waals surface area contributed by atoms with Crippen molar-refractivity contribution in [1.29, 1.82) is 0 Å². The van der Waals surface area contributed by atoms with Crippen LogP contribution in [0.3, 0.4) is 0 Å². The SMILES string of the molecule is OCC[N-]c1ccccn1.[Y]. The summed E-state index contributed by atoms with van der Waals surface area (Å²) < 4.78 is 0. The number of hydrogen-bond donors (Lipinski definition) is 1. The van der Waals surface area contributed by atoms with Crippen LogP contribution in [0.4, 0.5) is 5.82 Å². The van der Waals surface area contributed by atoms with Crippen LogP contribution in [0.5, 0.6) is 0 Å². The second-order valence-electron chi connectivity index (χ2n) is 1.79. The fourth-order valence-electron chi connectivity index (χ4n) is 0.612. The van der Waals surface area contributed by atoms with E-state index in [2.05, 4.69) is 10.3 Å². The molecule has 1 aromatic heterocycles. The van der Waals surface area contributed by atoms with E-state index >= 15 is 0 Å². The topological polar surface area (TPSA) is 47.2 Å². The molecule has 0 saturated carbocycles. The van der Waals surface area contributed by atoms with Crippen molar-refractivity contribution in [3.63, 3.8) is 0 Å². The first-order chi connectivity index (χ1) is 4.93. The van der Waals surface area contributed by atoms with Gasteiger partial charge in [0.05, 0.1) is 0 Å². The van der Waals surface area contributed by atoms with E-state index in [9.17, 15) is 0 Å². The van der Waals surface area contributed by atoms with Gasteiger partial charge >= 0.3 is 0 Å². The van der Waals surface area contributed by atoms with E-state index in [1.807, 2.05) is 12.1 Å². The molecule has 4 heteroatoms. The molecule has 0 amide bonds. The van der Waals surface area contributed by atoms with Crippen LogP contribution in [-0.4, -0.2) is 23.2 Å². The first-order valence-corrected chi connectivity index (χ1v) is 3.13. The summed E-state index contributed by atoms with van der Waals surface area (Å²) in [6.45, 7) is 0.508. The van der Waals surface area contributed by atoms with Crippen LogP contribution in [0.2, 0.25) is 0 Å². The molecule has 0 fully saturated rings. The molecule has 0 aliphatic carbocycles. The van der Waals surface area contributed by atoms with Crippen molar-refractivity contribution >= 4 is 5.82 Å². The molecule has 0 bridgehead atoms. The van der Waals surface area contributed by atoms with Crippen molar-refractivity contribution in [2.45, 2.75) is 0 Å². The van der Waals surface area contributed by atoms with Gasteiger partial charge in [-0.05, 0) is 6.54 Å².